The molecule has 0 spiro atoms. The molecule has 4 aromatic rings. The molecule has 1 amide bonds. The van der Waals surface area contributed by atoms with Gasteiger partial charge in [-0.3, -0.25) is 14.6 Å². The lowest BCUT2D eigenvalue weighted by Gasteiger charge is -2.11. The van der Waals surface area contributed by atoms with Crippen molar-refractivity contribution < 1.29 is 9.53 Å². The average Bonchev–Trinajstić information content (AvgIpc) is 2.80. The largest absolute Gasteiger partial charge is 0.497 e. The Kier molecular flexibility index (Phi) is 6.23. The third-order valence-corrected chi connectivity index (χ3v) is 5.52. The van der Waals surface area contributed by atoms with E-state index in [9.17, 15) is 9.59 Å². The first-order valence-corrected chi connectivity index (χ1v) is 10.5. The van der Waals surface area contributed by atoms with E-state index in [1.807, 2.05) is 36.4 Å². The fourth-order valence-corrected chi connectivity index (χ4v) is 3.59. The number of benzene rings is 2. The highest BCUT2D eigenvalue weighted by Gasteiger charge is 2.14. The van der Waals surface area contributed by atoms with Crippen LogP contribution in [0.15, 0.2) is 71.7 Å². The van der Waals surface area contributed by atoms with E-state index in [-0.39, 0.29) is 11.5 Å². The number of hydrogen-bond acceptors (Lipinski definition) is 4. The standard InChI is InChI=1S/C25H22ClN3O3/c1-16-21(24(30)27-14-17-3-7-19(26)8-4-17)13-22-23(28-16)11-12-29(25(22)31)15-18-5-9-20(32-2)10-6-18/h3-13H,14-15H2,1-2H3,(H,27,30). The molecule has 0 atom stereocenters. The fraction of sp³-hybridized carbons (Fsp3) is 0.160. The van der Waals surface area contributed by atoms with Gasteiger partial charge in [-0.25, -0.2) is 0 Å². The van der Waals surface area contributed by atoms with E-state index in [4.69, 9.17) is 16.3 Å². The predicted octanol–water partition coefficient (Wildman–Crippen LogP) is 4.35. The zero-order valence-corrected chi connectivity index (χ0v) is 18.5. The molecule has 0 aliphatic heterocycles. The van der Waals surface area contributed by atoms with Crippen LogP contribution in [0.3, 0.4) is 0 Å². The minimum Gasteiger partial charge on any atom is -0.497 e. The maximum Gasteiger partial charge on any atom is 0.260 e. The van der Waals surface area contributed by atoms with Crippen molar-refractivity contribution >= 4 is 28.4 Å². The van der Waals surface area contributed by atoms with Crippen LogP contribution in [0.4, 0.5) is 0 Å². The number of hydrogen-bond donors (Lipinski definition) is 1. The first-order valence-electron chi connectivity index (χ1n) is 10.1. The lowest BCUT2D eigenvalue weighted by Crippen LogP contribution is -2.25. The first kappa shape index (κ1) is 21.6. The SMILES string of the molecule is COc1ccc(Cn2ccc3nc(C)c(C(=O)NCc4ccc(Cl)cc4)cc3c2=O)cc1. The van der Waals surface area contributed by atoms with Gasteiger partial charge in [-0.15, -0.1) is 0 Å². The summed E-state index contributed by atoms with van der Waals surface area (Å²) in [5, 5.41) is 3.93. The maximum atomic E-state index is 13.1. The van der Waals surface area contributed by atoms with Gasteiger partial charge in [0.25, 0.3) is 11.5 Å². The van der Waals surface area contributed by atoms with Crippen molar-refractivity contribution in [3.63, 3.8) is 0 Å². The zero-order valence-electron chi connectivity index (χ0n) is 17.8. The van der Waals surface area contributed by atoms with Crippen LogP contribution >= 0.6 is 11.6 Å². The highest BCUT2D eigenvalue weighted by atomic mass is 35.5. The number of carbonyl (C=O) groups excluding carboxylic acids is 1. The molecule has 0 fully saturated rings. The minimum absolute atomic E-state index is 0.197. The molecule has 0 bridgehead atoms. The minimum atomic E-state index is -0.281. The van der Waals surface area contributed by atoms with Crippen LogP contribution in [-0.4, -0.2) is 22.6 Å². The summed E-state index contributed by atoms with van der Waals surface area (Å²) in [5.41, 5.74) is 3.21. The van der Waals surface area contributed by atoms with Crippen LogP contribution in [0.5, 0.6) is 5.75 Å². The third-order valence-electron chi connectivity index (χ3n) is 5.27. The fourth-order valence-electron chi connectivity index (χ4n) is 3.47. The molecule has 2 aromatic heterocycles. The molecule has 0 saturated heterocycles. The summed E-state index contributed by atoms with van der Waals surface area (Å²) in [6.07, 6.45) is 1.72. The van der Waals surface area contributed by atoms with Gasteiger partial charge in [0.05, 0.1) is 35.8 Å². The van der Waals surface area contributed by atoms with E-state index in [0.29, 0.717) is 40.3 Å². The van der Waals surface area contributed by atoms with E-state index in [0.717, 1.165) is 16.9 Å². The molecule has 2 aromatic carbocycles. The molecular weight excluding hydrogens is 426 g/mol. The van der Waals surface area contributed by atoms with Crippen molar-refractivity contribution in [2.45, 2.75) is 20.0 Å². The van der Waals surface area contributed by atoms with Gasteiger partial charge in [-0.2, -0.15) is 0 Å². The van der Waals surface area contributed by atoms with Gasteiger partial charge in [0.2, 0.25) is 0 Å². The van der Waals surface area contributed by atoms with Gasteiger partial charge in [0.15, 0.2) is 0 Å². The Morgan fingerprint density at radius 2 is 1.75 bits per heavy atom. The number of nitrogens with one attached hydrogen (secondary N) is 1. The van der Waals surface area contributed by atoms with E-state index >= 15 is 0 Å². The Morgan fingerprint density at radius 3 is 2.44 bits per heavy atom. The Morgan fingerprint density at radius 1 is 1.06 bits per heavy atom. The molecular formula is C25H22ClN3O3. The van der Waals surface area contributed by atoms with Crippen LogP contribution < -0.4 is 15.6 Å². The molecule has 0 unspecified atom stereocenters. The second-order valence-corrected chi connectivity index (χ2v) is 7.90. The number of aromatic nitrogens is 2. The number of carbonyl (C=O) groups is 1. The van der Waals surface area contributed by atoms with E-state index < -0.39 is 0 Å². The van der Waals surface area contributed by atoms with Crippen molar-refractivity contribution in [3.05, 3.63) is 105 Å². The Labute approximate surface area is 190 Å². The summed E-state index contributed by atoms with van der Waals surface area (Å²) in [7, 11) is 1.61. The quantitative estimate of drug-likeness (QED) is 0.477. The monoisotopic (exact) mass is 447 g/mol. The van der Waals surface area contributed by atoms with E-state index in [1.54, 1.807) is 49.1 Å². The van der Waals surface area contributed by atoms with E-state index in [2.05, 4.69) is 10.3 Å². The summed E-state index contributed by atoms with van der Waals surface area (Å²) >= 11 is 5.91. The van der Waals surface area contributed by atoms with Gasteiger partial charge in [0, 0.05) is 17.8 Å². The Bertz CT molecular complexity index is 1330. The van der Waals surface area contributed by atoms with Crippen molar-refractivity contribution in [1.82, 2.24) is 14.9 Å². The van der Waals surface area contributed by atoms with Gasteiger partial charge in [-0.1, -0.05) is 35.9 Å². The van der Waals surface area contributed by atoms with Crippen LogP contribution in [0, 0.1) is 6.92 Å². The second kappa shape index (κ2) is 9.24. The van der Waals surface area contributed by atoms with Gasteiger partial charge >= 0.3 is 0 Å². The van der Waals surface area contributed by atoms with Crippen LogP contribution in [-0.2, 0) is 13.1 Å². The second-order valence-electron chi connectivity index (χ2n) is 7.46. The molecule has 6 nitrogen and oxygen atoms in total. The molecule has 2 heterocycles. The Hall–Kier alpha value is -3.64. The lowest BCUT2D eigenvalue weighted by atomic mass is 10.1. The summed E-state index contributed by atoms with van der Waals surface area (Å²) in [6, 6.07) is 18.2. The number of fused-ring (bicyclic) bond motifs is 1. The molecule has 0 aliphatic carbocycles. The summed E-state index contributed by atoms with van der Waals surface area (Å²) < 4.78 is 6.79. The van der Waals surface area contributed by atoms with Crippen LogP contribution in [0.2, 0.25) is 5.02 Å². The summed E-state index contributed by atoms with van der Waals surface area (Å²) in [6.45, 7) is 2.52. The number of rotatable bonds is 6. The number of halogens is 1. The molecule has 0 aliphatic rings. The molecule has 32 heavy (non-hydrogen) atoms. The molecule has 1 N–H and O–H groups in total. The summed E-state index contributed by atoms with van der Waals surface area (Å²) in [4.78, 5) is 30.4. The molecule has 4 rings (SSSR count). The zero-order chi connectivity index (χ0) is 22.7. The lowest BCUT2D eigenvalue weighted by molar-refractivity contribution is 0.0950. The number of nitrogens with zero attached hydrogens (tertiary/aromatic N) is 2. The van der Waals surface area contributed by atoms with Crippen molar-refractivity contribution in [2.24, 2.45) is 0 Å². The van der Waals surface area contributed by atoms with Crippen molar-refractivity contribution in [2.75, 3.05) is 7.11 Å². The third kappa shape index (κ3) is 4.65. The van der Waals surface area contributed by atoms with Gasteiger partial charge < -0.3 is 14.6 Å². The predicted molar refractivity (Wildman–Crippen MR) is 125 cm³/mol. The number of methoxy groups -OCH3 is 1. The van der Waals surface area contributed by atoms with E-state index in [1.165, 1.54) is 0 Å². The number of pyridine rings is 2. The smallest absolute Gasteiger partial charge is 0.260 e. The molecule has 0 radical (unpaired) electrons. The molecule has 162 valence electrons. The highest BCUT2D eigenvalue weighted by Crippen LogP contribution is 2.16. The highest BCUT2D eigenvalue weighted by molar-refractivity contribution is 6.30. The van der Waals surface area contributed by atoms with Crippen LogP contribution in [0.1, 0.15) is 27.2 Å². The van der Waals surface area contributed by atoms with Crippen molar-refractivity contribution in [3.8, 4) is 5.75 Å². The number of aryl methyl sites for hydroxylation is 1. The first-order chi connectivity index (χ1) is 15.4. The van der Waals surface area contributed by atoms with Gasteiger partial charge in [-0.05, 0) is 54.4 Å². The Balaban J connectivity index is 1.60. The number of amides is 1. The molecule has 7 heteroatoms. The number of ether oxygens (including phenoxy) is 1. The topological polar surface area (TPSA) is 73.2 Å². The maximum absolute atomic E-state index is 13.1. The summed E-state index contributed by atoms with van der Waals surface area (Å²) in [5.74, 6) is 0.477. The molecule has 0 saturated carbocycles. The van der Waals surface area contributed by atoms with Crippen molar-refractivity contribution in [1.29, 1.82) is 0 Å². The average molecular weight is 448 g/mol. The van der Waals surface area contributed by atoms with Gasteiger partial charge in [0.1, 0.15) is 5.75 Å². The van der Waals surface area contributed by atoms with Crippen LogP contribution in [0.25, 0.3) is 10.9 Å². The normalized spacial score (nSPS) is 10.8.